The Kier molecular flexibility index (Phi) is 5.13. The van der Waals surface area contributed by atoms with Crippen LogP contribution in [0.25, 0.3) is 0 Å². The number of pyridine rings is 1. The molecule has 1 atom stereocenters. The monoisotopic (exact) mass is 270 g/mol. The number of nitrogens with one attached hydrogen (secondary N) is 1. The van der Waals surface area contributed by atoms with Crippen molar-refractivity contribution in [3.8, 4) is 5.88 Å². The Bertz CT molecular complexity index is 554. The molecule has 3 nitrogen and oxygen atoms in total. The molecule has 0 saturated carbocycles. The first kappa shape index (κ1) is 14.5. The summed E-state index contributed by atoms with van der Waals surface area (Å²) in [5, 5.41) is 3.58. The predicted octanol–water partition coefficient (Wildman–Crippen LogP) is 3.49. The number of hydrogen-bond acceptors (Lipinski definition) is 3. The van der Waals surface area contributed by atoms with E-state index in [9.17, 15) is 0 Å². The van der Waals surface area contributed by atoms with E-state index < -0.39 is 0 Å². The maximum absolute atomic E-state index is 5.41. The summed E-state index contributed by atoms with van der Waals surface area (Å²) in [7, 11) is 1.67. The fourth-order valence-corrected chi connectivity index (χ4v) is 2.34. The van der Waals surface area contributed by atoms with Crippen molar-refractivity contribution in [2.45, 2.75) is 26.3 Å². The minimum Gasteiger partial charge on any atom is -0.481 e. The van der Waals surface area contributed by atoms with Gasteiger partial charge in [0.25, 0.3) is 0 Å². The fourth-order valence-electron chi connectivity index (χ4n) is 2.34. The van der Waals surface area contributed by atoms with Gasteiger partial charge in [0.1, 0.15) is 0 Å². The molecule has 3 heteroatoms. The van der Waals surface area contributed by atoms with Gasteiger partial charge >= 0.3 is 0 Å². The third-order valence-electron chi connectivity index (χ3n) is 3.28. The van der Waals surface area contributed by atoms with Crippen molar-refractivity contribution in [1.29, 1.82) is 0 Å². The van der Waals surface area contributed by atoms with E-state index in [2.05, 4.69) is 54.5 Å². The summed E-state index contributed by atoms with van der Waals surface area (Å²) in [5.41, 5.74) is 3.58. The van der Waals surface area contributed by atoms with E-state index in [0.717, 1.165) is 18.5 Å². The fraction of sp³-hybridized carbons (Fsp3) is 0.353. The topological polar surface area (TPSA) is 34.2 Å². The van der Waals surface area contributed by atoms with Gasteiger partial charge in [-0.15, -0.1) is 0 Å². The molecular formula is C17H22N2O. The molecule has 106 valence electrons. The van der Waals surface area contributed by atoms with Crippen LogP contribution in [0.1, 0.15) is 36.1 Å². The number of nitrogens with zero attached hydrogens (tertiary/aromatic N) is 1. The molecule has 0 saturated heterocycles. The Balaban J connectivity index is 2.41. The van der Waals surface area contributed by atoms with Crippen LogP contribution in [0.5, 0.6) is 5.88 Å². The summed E-state index contributed by atoms with van der Waals surface area (Å²) in [6, 6.07) is 12.7. The molecule has 2 rings (SSSR count). The molecule has 20 heavy (non-hydrogen) atoms. The van der Waals surface area contributed by atoms with Crippen molar-refractivity contribution in [2.75, 3.05) is 13.7 Å². The highest BCUT2D eigenvalue weighted by Crippen LogP contribution is 2.28. The van der Waals surface area contributed by atoms with Gasteiger partial charge in [0.15, 0.2) is 0 Å². The molecule has 1 heterocycles. The molecule has 1 N–H and O–H groups in total. The zero-order valence-corrected chi connectivity index (χ0v) is 12.4. The highest BCUT2D eigenvalue weighted by Gasteiger charge is 2.18. The van der Waals surface area contributed by atoms with Crippen molar-refractivity contribution in [3.63, 3.8) is 0 Å². The van der Waals surface area contributed by atoms with Gasteiger partial charge in [-0.25, -0.2) is 4.98 Å². The van der Waals surface area contributed by atoms with Gasteiger partial charge in [-0.2, -0.15) is 0 Å². The molecule has 1 aromatic carbocycles. The quantitative estimate of drug-likeness (QED) is 0.872. The second kappa shape index (κ2) is 7.06. The second-order valence-electron chi connectivity index (χ2n) is 4.90. The van der Waals surface area contributed by atoms with E-state index >= 15 is 0 Å². The highest BCUT2D eigenvalue weighted by molar-refractivity contribution is 5.38. The first-order valence-electron chi connectivity index (χ1n) is 7.05. The van der Waals surface area contributed by atoms with E-state index in [-0.39, 0.29) is 6.04 Å². The summed E-state index contributed by atoms with van der Waals surface area (Å²) in [6.07, 6.45) is 2.85. The summed E-state index contributed by atoms with van der Waals surface area (Å²) >= 11 is 0. The number of methoxy groups -OCH3 is 1. The predicted molar refractivity (Wildman–Crippen MR) is 82.1 cm³/mol. The van der Waals surface area contributed by atoms with Crippen LogP contribution in [-0.4, -0.2) is 18.6 Å². The van der Waals surface area contributed by atoms with Crippen LogP contribution in [0.4, 0.5) is 0 Å². The lowest BCUT2D eigenvalue weighted by Gasteiger charge is -2.21. The van der Waals surface area contributed by atoms with E-state index in [1.54, 1.807) is 13.3 Å². The van der Waals surface area contributed by atoms with Gasteiger partial charge in [0.2, 0.25) is 5.88 Å². The summed E-state index contributed by atoms with van der Waals surface area (Å²) in [6.45, 7) is 5.23. The maximum Gasteiger partial charge on any atom is 0.218 e. The largest absolute Gasteiger partial charge is 0.481 e. The standard InChI is InChI=1S/C17H22N2O/c1-4-10-18-16(14-8-5-7-13(2)12-14)15-9-6-11-19-17(15)20-3/h5-9,11-12,16,18H,4,10H2,1-3H3. The number of hydrogen-bond donors (Lipinski definition) is 1. The Morgan fingerprint density at radius 2 is 2.10 bits per heavy atom. The molecule has 0 spiro atoms. The summed E-state index contributed by atoms with van der Waals surface area (Å²) in [5.74, 6) is 0.683. The third kappa shape index (κ3) is 3.36. The number of ether oxygens (including phenoxy) is 1. The van der Waals surface area contributed by atoms with Crippen molar-refractivity contribution < 1.29 is 4.74 Å². The number of aryl methyl sites for hydroxylation is 1. The Morgan fingerprint density at radius 1 is 1.25 bits per heavy atom. The molecule has 0 aliphatic rings. The number of benzene rings is 1. The van der Waals surface area contributed by atoms with Crippen molar-refractivity contribution in [1.82, 2.24) is 10.3 Å². The maximum atomic E-state index is 5.41. The molecule has 0 bridgehead atoms. The lowest BCUT2D eigenvalue weighted by Crippen LogP contribution is -2.24. The van der Waals surface area contributed by atoms with Gasteiger partial charge in [0.05, 0.1) is 13.2 Å². The molecule has 0 fully saturated rings. The average Bonchev–Trinajstić information content (AvgIpc) is 2.48. The molecule has 1 aromatic heterocycles. The van der Waals surface area contributed by atoms with Crippen LogP contribution < -0.4 is 10.1 Å². The zero-order chi connectivity index (χ0) is 14.4. The Morgan fingerprint density at radius 3 is 2.80 bits per heavy atom. The van der Waals surface area contributed by atoms with Gasteiger partial charge in [0, 0.05) is 11.8 Å². The summed E-state index contributed by atoms with van der Waals surface area (Å²) < 4.78 is 5.41. The SMILES string of the molecule is CCCNC(c1cccc(C)c1)c1cccnc1OC. The lowest BCUT2D eigenvalue weighted by molar-refractivity contribution is 0.387. The van der Waals surface area contributed by atoms with E-state index in [0.29, 0.717) is 5.88 Å². The smallest absolute Gasteiger partial charge is 0.218 e. The normalized spacial score (nSPS) is 12.2. The molecule has 0 aliphatic carbocycles. The molecule has 1 unspecified atom stereocenters. The van der Waals surface area contributed by atoms with Crippen LogP contribution in [0.2, 0.25) is 0 Å². The Hall–Kier alpha value is -1.87. The Labute approximate surface area is 121 Å². The van der Waals surface area contributed by atoms with Crippen LogP contribution in [0.3, 0.4) is 0 Å². The number of rotatable bonds is 6. The molecule has 0 amide bonds. The summed E-state index contributed by atoms with van der Waals surface area (Å²) in [4.78, 5) is 4.31. The van der Waals surface area contributed by atoms with E-state index in [1.807, 2.05) is 6.07 Å². The molecule has 0 aliphatic heterocycles. The van der Waals surface area contributed by atoms with Crippen LogP contribution in [-0.2, 0) is 0 Å². The third-order valence-corrected chi connectivity index (χ3v) is 3.28. The minimum atomic E-state index is 0.110. The van der Waals surface area contributed by atoms with Gasteiger partial charge in [-0.3, -0.25) is 0 Å². The van der Waals surface area contributed by atoms with Crippen LogP contribution in [0, 0.1) is 6.92 Å². The number of aromatic nitrogens is 1. The zero-order valence-electron chi connectivity index (χ0n) is 12.4. The van der Waals surface area contributed by atoms with Crippen molar-refractivity contribution in [2.24, 2.45) is 0 Å². The van der Waals surface area contributed by atoms with Crippen LogP contribution in [0.15, 0.2) is 42.6 Å². The second-order valence-corrected chi connectivity index (χ2v) is 4.90. The first-order valence-corrected chi connectivity index (χ1v) is 7.05. The lowest BCUT2D eigenvalue weighted by atomic mass is 9.98. The highest BCUT2D eigenvalue weighted by atomic mass is 16.5. The molecule has 0 radical (unpaired) electrons. The average molecular weight is 270 g/mol. The molecule has 2 aromatic rings. The van der Waals surface area contributed by atoms with Gasteiger partial charge < -0.3 is 10.1 Å². The van der Waals surface area contributed by atoms with Crippen LogP contribution >= 0.6 is 0 Å². The van der Waals surface area contributed by atoms with Crippen molar-refractivity contribution >= 4 is 0 Å². The van der Waals surface area contributed by atoms with E-state index in [4.69, 9.17) is 4.74 Å². The van der Waals surface area contributed by atoms with Gasteiger partial charge in [-0.05, 0) is 31.5 Å². The van der Waals surface area contributed by atoms with Gasteiger partial charge in [-0.1, -0.05) is 42.8 Å². The molecular weight excluding hydrogens is 248 g/mol. The first-order chi connectivity index (χ1) is 9.76. The minimum absolute atomic E-state index is 0.110. The van der Waals surface area contributed by atoms with E-state index in [1.165, 1.54) is 11.1 Å². The van der Waals surface area contributed by atoms with Crippen molar-refractivity contribution in [3.05, 3.63) is 59.3 Å².